The van der Waals surface area contributed by atoms with E-state index in [2.05, 4.69) is 43.0 Å². The molecule has 0 bridgehead atoms. The number of aromatic nitrogens is 2. The van der Waals surface area contributed by atoms with E-state index in [1.807, 2.05) is 12.1 Å². The second-order valence-electron chi connectivity index (χ2n) is 7.43. The number of carbonyl (C=O) groups excluding carboxylic acids is 1. The van der Waals surface area contributed by atoms with Gasteiger partial charge in [0, 0.05) is 11.1 Å². The lowest BCUT2D eigenvalue weighted by atomic mass is 9.87. The zero-order valence-electron chi connectivity index (χ0n) is 16.4. The van der Waals surface area contributed by atoms with Crippen LogP contribution in [0.15, 0.2) is 47.0 Å². The Morgan fingerprint density at radius 1 is 1.17 bits per heavy atom. The van der Waals surface area contributed by atoms with Crippen LogP contribution in [0, 0.1) is 0 Å². The van der Waals surface area contributed by atoms with Crippen molar-refractivity contribution in [3.63, 3.8) is 0 Å². The fraction of sp³-hybridized carbons (Fsp3) is 0.286. The van der Waals surface area contributed by atoms with Gasteiger partial charge in [0.2, 0.25) is 5.82 Å². The molecule has 8 heteroatoms. The summed E-state index contributed by atoms with van der Waals surface area (Å²) in [5.41, 5.74) is 8.74. The maximum absolute atomic E-state index is 11.2. The Morgan fingerprint density at radius 3 is 2.45 bits per heavy atom. The lowest BCUT2D eigenvalue weighted by Gasteiger charge is -2.18. The summed E-state index contributed by atoms with van der Waals surface area (Å²) in [5, 5.41) is 4.48. The molecule has 0 aliphatic carbocycles. The lowest BCUT2D eigenvalue weighted by Crippen LogP contribution is -2.16. The molecule has 0 unspecified atom stereocenters. The van der Waals surface area contributed by atoms with Gasteiger partial charge in [-0.2, -0.15) is 4.98 Å². The summed E-state index contributed by atoms with van der Waals surface area (Å²) in [7, 11) is 0. The van der Waals surface area contributed by atoms with E-state index in [1.54, 1.807) is 18.2 Å². The van der Waals surface area contributed by atoms with Crippen molar-refractivity contribution in [1.82, 2.24) is 10.1 Å². The fourth-order valence-electron chi connectivity index (χ4n) is 2.62. The zero-order valence-corrected chi connectivity index (χ0v) is 18.0. The summed E-state index contributed by atoms with van der Waals surface area (Å²) in [4.78, 5) is 15.6. The molecule has 3 aromatic rings. The largest absolute Gasteiger partial charge is 0.460 e. The van der Waals surface area contributed by atoms with E-state index in [-0.39, 0.29) is 31.0 Å². The molecular weight excluding hydrogens is 413 g/mol. The van der Waals surface area contributed by atoms with Gasteiger partial charge in [0.1, 0.15) is 6.61 Å². The van der Waals surface area contributed by atoms with Crippen LogP contribution in [0.25, 0.3) is 22.8 Å². The minimum Gasteiger partial charge on any atom is -0.460 e. The van der Waals surface area contributed by atoms with Gasteiger partial charge in [0.25, 0.3) is 5.89 Å². The monoisotopic (exact) mass is 435 g/mol. The van der Waals surface area contributed by atoms with E-state index in [9.17, 15) is 4.79 Å². The number of ether oxygens (including phenoxy) is 1. The fourth-order valence-corrected chi connectivity index (χ4v) is 2.90. The Labute approximate surface area is 180 Å². The second-order valence-corrected chi connectivity index (χ2v) is 7.84. The van der Waals surface area contributed by atoms with Crippen molar-refractivity contribution < 1.29 is 14.1 Å². The molecule has 0 saturated heterocycles. The number of hydrogen-bond donors (Lipinski definition) is 1. The smallest absolute Gasteiger partial charge is 0.320 e. The minimum absolute atomic E-state index is 0. The van der Waals surface area contributed by atoms with E-state index in [0.29, 0.717) is 22.3 Å². The van der Waals surface area contributed by atoms with E-state index in [4.69, 9.17) is 26.6 Å². The standard InChI is InChI=1S/C21H22ClN3O3.ClH/c1-21(2,3)15-7-5-14(6-8-15)20-24-19(25-28-20)16-9-4-13(10-17(16)22)12-27-18(26)11-23;/h4-10H,11-12,23H2,1-3H3;1H. The van der Waals surface area contributed by atoms with Crippen LogP contribution in [-0.4, -0.2) is 22.7 Å². The predicted octanol–water partition coefficient (Wildman–Crippen LogP) is 4.78. The highest BCUT2D eigenvalue weighted by Crippen LogP contribution is 2.30. The van der Waals surface area contributed by atoms with E-state index in [0.717, 1.165) is 11.1 Å². The summed E-state index contributed by atoms with van der Waals surface area (Å²) < 4.78 is 10.4. The van der Waals surface area contributed by atoms with Crippen LogP contribution in [-0.2, 0) is 21.6 Å². The van der Waals surface area contributed by atoms with Gasteiger partial charge in [-0.25, -0.2) is 0 Å². The van der Waals surface area contributed by atoms with E-state index in [1.165, 1.54) is 5.56 Å². The van der Waals surface area contributed by atoms with Crippen molar-refractivity contribution in [1.29, 1.82) is 0 Å². The van der Waals surface area contributed by atoms with E-state index < -0.39 is 5.97 Å². The Balaban J connectivity index is 0.00000300. The normalized spacial score (nSPS) is 11.1. The summed E-state index contributed by atoms with van der Waals surface area (Å²) in [6.07, 6.45) is 0. The van der Waals surface area contributed by atoms with Crippen LogP contribution in [0.1, 0.15) is 31.9 Å². The molecule has 2 N–H and O–H groups in total. The highest BCUT2D eigenvalue weighted by molar-refractivity contribution is 6.33. The number of rotatable bonds is 5. The molecule has 0 aliphatic rings. The third-order valence-electron chi connectivity index (χ3n) is 4.26. The first kappa shape index (κ1) is 22.9. The first-order valence-corrected chi connectivity index (χ1v) is 9.25. The van der Waals surface area contributed by atoms with Gasteiger partial charge in [-0.3, -0.25) is 4.79 Å². The summed E-state index contributed by atoms with van der Waals surface area (Å²) in [6, 6.07) is 13.3. The van der Waals surface area contributed by atoms with Crippen molar-refractivity contribution in [2.24, 2.45) is 5.73 Å². The van der Waals surface area contributed by atoms with Crippen LogP contribution in [0.5, 0.6) is 0 Å². The van der Waals surface area contributed by atoms with Crippen molar-refractivity contribution in [3.05, 3.63) is 58.6 Å². The van der Waals surface area contributed by atoms with Gasteiger partial charge in [-0.15, -0.1) is 12.4 Å². The van der Waals surface area contributed by atoms with Crippen molar-refractivity contribution >= 4 is 30.0 Å². The summed E-state index contributed by atoms with van der Waals surface area (Å²) in [6.45, 7) is 6.43. The van der Waals surface area contributed by atoms with Crippen LogP contribution in [0.4, 0.5) is 0 Å². The van der Waals surface area contributed by atoms with Crippen LogP contribution < -0.4 is 5.73 Å². The van der Waals surface area contributed by atoms with Crippen LogP contribution in [0.3, 0.4) is 0 Å². The molecule has 6 nitrogen and oxygen atoms in total. The van der Waals surface area contributed by atoms with Gasteiger partial charge in [0.15, 0.2) is 0 Å². The maximum Gasteiger partial charge on any atom is 0.320 e. The molecule has 0 spiro atoms. The molecule has 29 heavy (non-hydrogen) atoms. The molecule has 1 heterocycles. The highest BCUT2D eigenvalue weighted by Gasteiger charge is 2.16. The molecule has 0 amide bonds. The molecule has 0 fully saturated rings. The Bertz CT molecular complexity index is 980. The van der Waals surface area contributed by atoms with E-state index >= 15 is 0 Å². The van der Waals surface area contributed by atoms with Gasteiger partial charge in [-0.1, -0.05) is 55.7 Å². The molecule has 2 aromatic carbocycles. The molecule has 0 radical (unpaired) electrons. The first-order valence-electron chi connectivity index (χ1n) is 8.87. The van der Waals surface area contributed by atoms with Crippen molar-refractivity contribution in [2.45, 2.75) is 32.8 Å². The summed E-state index contributed by atoms with van der Waals surface area (Å²) >= 11 is 6.35. The molecule has 3 rings (SSSR count). The Morgan fingerprint density at radius 2 is 1.86 bits per heavy atom. The highest BCUT2D eigenvalue weighted by atomic mass is 35.5. The number of hydrogen-bond acceptors (Lipinski definition) is 6. The molecular formula is C21H23Cl2N3O3. The van der Waals surface area contributed by atoms with Gasteiger partial charge in [0.05, 0.1) is 11.6 Å². The number of halogens is 2. The maximum atomic E-state index is 11.2. The average Bonchev–Trinajstić information content (AvgIpc) is 3.15. The second kappa shape index (κ2) is 9.39. The number of nitrogens with two attached hydrogens (primary N) is 1. The Hall–Kier alpha value is -2.41. The van der Waals surface area contributed by atoms with Crippen LogP contribution in [0.2, 0.25) is 5.02 Å². The van der Waals surface area contributed by atoms with Gasteiger partial charge in [-0.05, 0) is 40.8 Å². The number of benzene rings is 2. The molecule has 154 valence electrons. The van der Waals surface area contributed by atoms with Gasteiger partial charge < -0.3 is 15.0 Å². The summed E-state index contributed by atoms with van der Waals surface area (Å²) in [5.74, 6) is 0.346. The van der Waals surface area contributed by atoms with Gasteiger partial charge >= 0.3 is 5.97 Å². The molecule has 0 atom stereocenters. The van der Waals surface area contributed by atoms with Crippen molar-refractivity contribution in [2.75, 3.05) is 6.54 Å². The van der Waals surface area contributed by atoms with Crippen LogP contribution >= 0.6 is 24.0 Å². The molecule has 0 aliphatic heterocycles. The third-order valence-corrected chi connectivity index (χ3v) is 4.58. The third kappa shape index (κ3) is 5.56. The quantitative estimate of drug-likeness (QED) is 0.579. The van der Waals surface area contributed by atoms with Crippen molar-refractivity contribution in [3.8, 4) is 22.8 Å². The lowest BCUT2D eigenvalue weighted by molar-refractivity contribution is -0.143. The molecule has 0 saturated carbocycles. The first-order chi connectivity index (χ1) is 13.3. The zero-order chi connectivity index (χ0) is 20.3. The predicted molar refractivity (Wildman–Crippen MR) is 115 cm³/mol. The average molecular weight is 436 g/mol. The Kier molecular flexibility index (Phi) is 7.41. The molecule has 1 aromatic heterocycles. The number of carbonyl (C=O) groups is 1. The SMILES string of the molecule is CC(C)(C)c1ccc(-c2nc(-c3ccc(COC(=O)CN)cc3Cl)no2)cc1.Cl. The minimum atomic E-state index is -0.472. The number of nitrogens with zero attached hydrogens (tertiary/aromatic N) is 2. The number of esters is 1. The topological polar surface area (TPSA) is 91.2 Å².